The number of thiol groups is 1. The summed E-state index contributed by atoms with van der Waals surface area (Å²) in [5.41, 5.74) is 3.81. The van der Waals surface area contributed by atoms with Crippen molar-refractivity contribution in [3.63, 3.8) is 0 Å². The highest BCUT2D eigenvalue weighted by molar-refractivity contribution is 14.1. The van der Waals surface area contributed by atoms with Gasteiger partial charge < -0.3 is 0 Å². The predicted octanol–water partition coefficient (Wildman–Crippen LogP) is 3.21. The van der Waals surface area contributed by atoms with Gasteiger partial charge in [0.25, 0.3) is 0 Å². The lowest BCUT2D eigenvalue weighted by Crippen LogP contribution is -1.94. The topological polar surface area (TPSA) is 0 Å². The van der Waals surface area contributed by atoms with Crippen molar-refractivity contribution in [2.45, 2.75) is 19.1 Å². The molecule has 0 heterocycles. The molecule has 0 aliphatic carbocycles. The summed E-state index contributed by atoms with van der Waals surface area (Å²) in [4.78, 5) is 0. The van der Waals surface area contributed by atoms with Crippen LogP contribution in [0.1, 0.15) is 16.7 Å². The molecule has 0 aliphatic heterocycles. The summed E-state index contributed by atoms with van der Waals surface area (Å²) in [6.45, 7) is 2.11. The van der Waals surface area contributed by atoms with Crippen LogP contribution in [0.15, 0.2) is 12.1 Å². The Balaban J connectivity index is 3.20. The van der Waals surface area contributed by atoms with Crippen molar-refractivity contribution in [3.05, 3.63) is 32.4 Å². The average molecular weight is 302 g/mol. The summed E-state index contributed by atoms with van der Waals surface area (Å²) in [5, 5.41) is 0. The molecule has 0 nitrogen and oxygen atoms in total. The predicted molar refractivity (Wildman–Crippen MR) is 69.1 cm³/mol. The molecule has 68 valence electrons. The molecule has 0 unspecified atom stereocenters. The fraction of sp³-hybridized carbons (Fsp3) is 0.273. The molecular weight excluding hydrogens is 291 g/mol. The quantitative estimate of drug-likeness (QED) is 0.484. The van der Waals surface area contributed by atoms with Crippen molar-refractivity contribution >= 4 is 35.2 Å². The van der Waals surface area contributed by atoms with Crippen LogP contribution in [-0.2, 0) is 12.2 Å². The minimum Gasteiger partial charge on any atom is -0.175 e. The van der Waals surface area contributed by atoms with Gasteiger partial charge in [-0.15, -0.1) is 12.3 Å². The van der Waals surface area contributed by atoms with Gasteiger partial charge in [-0.2, -0.15) is 12.6 Å². The first-order chi connectivity index (χ1) is 6.19. The molecule has 2 heteroatoms. The molecule has 13 heavy (non-hydrogen) atoms. The molecule has 0 atom stereocenters. The van der Waals surface area contributed by atoms with E-state index in [0.717, 1.165) is 5.75 Å². The van der Waals surface area contributed by atoms with Crippen molar-refractivity contribution in [2.24, 2.45) is 0 Å². The van der Waals surface area contributed by atoms with Crippen LogP contribution < -0.4 is 0 Å². The maximum atomic E-state index is 5.30. The average Bonchev–Trinajstić information content (AvgIpc) is 2.11. The molecule has 0 aliphatic rings. The zero-order valence-electron chi connectivity index (χ0n) is 7.47. The van der Waals surface area contributed by atoms with E-state index < -0.39 is 0 Å². The molecule has 1 rings (SSSR count). The van der Waals surface area contributed by atoms with Gasteiger partial charge in [0, 0.05) is 15.7 Å². The third-order valence-corrected chi connectivity index (χ3v) is 3.01. The monoisotopic (exact) mass is 302 g/mol. The van der Waals surface area contributed by atoms with Crippen LogP contribution in [0.2, 0.25) is 0 Å². The smallest absolute Gasteiger partial charge is 0.0340 e. The minimum absolute atomic E-state index is 0.712. The van der Waals surface area contributed by atoms with Crippen molar-refractivity contribution < 1.29 is 0 Å². The van der Waals surface area contributed by atoms with E-state index in [-0.39, 0.29) is 0 Å². The first-order valence-electron chi connectivity index (χ1n) is 4.01. The first kappa shape index (κ1) is 10.9. The fourth-order valence-corrected chi connectivity index (χ4v) is 2.34. The Kier molecular flexibility index (Phi) is 4.14. The van der Waals surface area contributed by atoms with Crippen LogP contribution in [0.25, 0.3) is 0 Å². The number of hydrogen-bond donors (Lipinski definition) is 1. The molecule has 0 spiro atoms. The van der Waals surface area contributed by atoms with Gasteiger partial charge in [0.1, 0.15) is 0 Å². The highest BCUT2D eigenvalue weighted by Gasteiger charge is 2.03. The summed E-state index contributed by atoms with van der Waals surface area (Å²) in [5.74, 6) is 3.45. The standard InChI is InChI=1S/C11H11IS/c1-3-4-9-5-11(12)6-10(7-13)8(9)2/h1,5-6,13H,4,7H2,2H3. The molecule has 0 aromatic heterocycles. The SMILES string of the molecule is C#CCc1cc(I)cc(CS)c1C. The largest absolute Gasteiger partial charge is 0.175 e. The second-order valence-corrected chi connectivity index (χ2v) is 4.45. The Morgan fingerprint density at radius 3 is 2.62 bits per heavy atom. The van der Waals surface area contributed by atoms with Crippen molar-refractivity contribution in [2.75, 3.05) is 0 Å². The zero-order chi connectivity index (χ0) is 9.84. The van der Waals surface area contributed by atoms with Crippen LogP contribution in [0.4, 0.5) is 0 Å². The first-order valence-corrected chi connectivity index (χ1v) is 5.72. The lowest BCUT2D eigenvalue weighted by molar-refractivity contribution is 1.19. The molecular formula is C11H11IS. The van der Waals surface area contributed by atoms with Gasteiger partial charge >= 0.3 is 0 Å². The zero-order valence-corrected chi connectivity index (χ0v) is 10.5. The van der Waals surface area contributed by atoms with Gasteiger partial charge in [0.05, 0.1) is 0 Å². The number of rotatable bonds is 2. The second kappa shape index (κ2) is 4.92. The van der Waals surface area contributed by atoms with E-state index >= 15 is 0 Å². The maximum Gasteiger partial charge on any atom is 0.0340 e. The van der Waals surface area contributed by atoms with Crippen LogP contribution in [0.5, 0.6) is 0 Å². The lowest BCUT2D eigenvalue weighted by atomic mass is 10.0. The van der Waals surface area contributed by atoms with Gasteiger partial charge in [-0.3, -0.25) is 0 Å². The molecule has 0 amide bonds. The maximum absolute atomic E-state index is 5.30. The summed E-state index contributed by atoms with van der Waals surface area (Å²) < 4.78 is 1.23. The third-order valence-electron chi connectivity index (χ3n) is 2.05. The van der Waals surface area contributed by atoms with E-state index in [0.29, 0.717) is 6.42 Å². The van der Waals surface area contributed by atoms with Gasteiger partial charge in [0.2, 0.25) is 0 Å². The molecule has 0 saturated carbocycles. The van der Waals surface area contributed by atoms with E-state index in [1.165, 1.54) is 20.3 Å². The fourth-order valence-electron chi connectivity index (χ4n) is 1.26. The Morgan fingerprint density at radius 1 is 1.46 bits per heavy atom. The van der Waals surface area contributed by atoms with Crippen LogP contribution in [0.3, 0.4) is 0 Å². The summed E-state index contributed by atoms with van der Waals surface area (Å²) in [6, 6.07) is 4.30. The molecule has 1 aromatic carbocycles. The van der Waals surface area contributed by atoms with Gasteiger partial charge in [-0.25, -0.2) is 0 Å². The van der Waals surface area contributed by atoms with E-state index in [2.05, 4.69) is 60.2 Å². The summed E-state index contributed by atoms with van der Waals surface area (Å²) in [6.07, 6.45) is 6.01. The molecule has 0 radical (unpaired) electrons. The van der Waals surface area contributed by atoms with Crippen molar-refractivity contribution in [1.82, 2.24) is 0 Å². The second-order valence-electron chi connectivity index (χ2n) is 2.89. The molecule has 0 bridgehead atoms. The van der Waals surface area contributed by atoms with Gasteiger partial charge in [-0.1, -0.05) is 0 Å². The van der Waals surface area contributed by atoms with E-state index in [1.54, 1.807) is 0 Å². The number of benzene rings is 1. The lowest BCUT2D eigenvalue weighted by Gasteiger charge is -2.08. The Bertz CT molecular complexity index is 350. The number of hydrogen-bond acceptors (Lipinski definition) is 1. The number of terminal acetylenes is 1. The van der Waals surface area contributed by atoms with Crippen molar-refractivity contribution in [1.29, 1.82) is 0 Å². The Labute approximate surface area is 98.7 Å². The Morgan fingerprint density at radius 2 is 2.08 bits per heavy atom. The van der Waals surface area contributed by atoms with Crippen LogP contribution in [-0.4, -0.2) is 0 Å². The van der Waals surface area contributed by atoms with Crippen molar-refractivity contribution in [3.8, 4) is 12.3 Å². The van der Waals surface area contributed by atoms with Crippen LogP contribution in [0, 0.1) is 22.8 Å². The summed E-state index contributed by atoms with van der Waals surface area (Å²) in [7, 11) is 0. The normalized spacial score (nSPS) is 9.69. The molecule has 0 saturated heterocycles. The molecule has 0 fully saturated rings. The highest BCUT2D eigenvalue weighted by atomic mass is 127. The Hall–Kier alpha value is -0.140. The van der Waals surface area contributed by atoms with Crippen LogP contribution >= 0.6 is 35.2 Å². The van der Waals surface area contributed by atoms with Gasteiger partial charge in [0.15, 0.2) is 0 Å². The molecule has 0 N–H and O–H groups in total. The third kappa shape index (κ3) is 2.65. The molecule has 1 aromatic rings. The van der Waals surface area contributed by atoms with E-state index in [1.807, 2.05) is 0 Å². The van der Waals surface area contributed by atoms with Gasteiger partial charge in [-0.05, 0) is 58.3 Å². The minimum atomic E-state index is 0.712. The van der Waals surface area contributed by atoms with E-state index in [4.69, 9.17) is 6.42 Å². The number of halogens is 1. The highest BCUT2D eigenvalue weighted by Crippen LogP contribution is 2.20. The van der Waals surface area contributed by atoms with E-state index in [9.17, 15) is 0 Å². The summed E-state index contributed by atoms with van der Waals surface area (Å²) >= 11 is 6.60.